The average molecular weight is 512 g/mol. The smallest absolute Gasteiger partial charge is 0.355 e. The number of amidine groups is 1. The van der Waals surface area contributed by atoms with Crippen molar-refractivity contribution in [1.82, 2.24) is 0 Å². The largest absolute Gasteiger partial charge is 0.490 e. The van der Waals surface area contributed by atoms with Crippen molar-refractivity contribution >= 4 is 33.5 Å². The van der Waals surface area contributed by atoms with E-state index in [2.05, 4.69) is 9.50 Å². The van der Waals surface area contributed by atoms with E-state index in [9.17, 15) is 18.0 Å². The first-order chi connectivity index (χ1) is 17.1. The standard InChI is InChI=1S/C25H25N3O7S/c1-33-14-15-34-20-13-12-19(16-6-4-3-5-7-16)21(25(30)35-36(2,31)32)22(20)24(29)28-18-10-8-17(9-11-18)23(26)27/h3-13H,14-15H2,1-2H3,(H3,26,27)(H,28,29). The molecule has 1 amide bonds. The molecule has 0 radical (unpaired) electrons. The molecule has 0 unspecified atom stereocenters. The van der Waals surface area contributed by atoms with E-state index in [1.54, 1.807) is 48.5 Å². The van der Waals surface area contributed by atoms with Crippen LogP contribution in [-0.2, 0) is 19.0 Å². The molecule has 0 aliphatic heterocycles. The normalized spacial score (nSPS) is 10.9. The molecule has 0 heterocycles. The highest BCUT2D eigenvalue weighted by Gasteiger charge is 2.29. The van der Waals surface area contributed by atoms with Gasteiger partial charge < -0.3 is 24.7 Å². The first kappa shape index (κ1) is 26.4. The zero-order chi connectivity index (χ0) is 26.3. The fraction of sp³-hybridized carbons (Fsp3) is 0.160. The molecule has 0 aliphatic carbocycles. The Morgan fingerprint density at radius 2 is 1.61 bits per heavy atom. The second-order valence-electron chi connectivity index (χ2n) is 7.59. The van der Waals surface area contributed by atoms with Gasteiger partial charge in [-0.1, -0.05) is 30.3 Å². The van der Waals surface area contributed by atoms with Gasteiger partial charge in [-0.15, -0.1) is 0 Å². The van der Waals surface area contributed by atoms with E-state index in [4.69, 9.17) is 20.6 Å². The lowest BCUT2D eigenvalue weighted by molar-refractivity contribution is 0.0743. The second kappa shape index (κ2) is 11.5. The molecule has 0 bridgehead atoms. The third kappa shape index (κ3) is 6.68. The van der Waals surface area contributed by atoms with E-state index in [0.717, 1.165) is 6.26 Å². The Kier molecular flexibility index (Phi) is 8.41. The first-order valence-corrected chi connectivity index (χ1v) is 12.5. The number of benzene rings is 3. The predicted octanol–water partition coefficient (Wildman–Crippen LogP) is 3.03. The number of amides is 1. The third-order valence-corrected chi connectivity index (χ3v) is 5.36. The van der Waals surface area contributed by atoms with Crippen LogP contribution in [0.25, 0.3) is 11.1 Å². The second-order valence-corrected chi connectivity index (χ2v) is 9.16. The number of nitrogen functional groups attached to an aromatic ring is 1. The number of ether oxygens (including phenoxy) is 2. The molecule has 188 valence electrons. The van der Waals surface area contributed by atoms with Gasteiger partial charge in [-0.25, -0.2) is 4.79 Å². The fourth-order valence-corrected chi connectivity index (χ4v) is 3.70. The molecule has 0 saturated carbocycles. The van der Waals surface area contributed by atoms with Crippen molar-refractivity contribution in [2.24, 2.45) is 5.73 Å². The molecule has 11 heteroatoms. The Balaban J connectivity index is 2.17. The summed E-state index contributed by atoms with van der Waals surface area (Å²) in [5.74, 6) is -2.07. The lowest BCUT2D eigenvalue weighted by Gasteiger charge is -2.18. The fourth-order valence-electron chi connectivity index (χ4n) is 3.34. The van der Waals surface area contributed by atoms with Crippen molar-refractivity contribution in [3.63, 3.8) is 0 Å². The molecular formula is C25H25N3O7S. The van der Waals surface area contributed by atoms with Crippen LogP contribution in [0, 0.1) is 5.41 Å². The number of carbonyl (C=O) groups is 2. The maximum Gasteiger partial charge on any atom is 0.355 e. The van der Waals surface area contributed by atoms with Gasteiger partial charge in [0.1, 0.15) is 18.2 Å². The molecule has 10 nitrogen and oxygen atoms in total. The van der Waals surface area contributed by atoms with Crippen LogP contribution in [0.4, 0.5) is 5.69 Å². The number of hydrogen-bond donors (Lipinski definition) is 3. The minimum Gasteiger partial charge on any atom is -0.490 e. The van der Waals surface area contributed by atoms with Gasteiger partial charge in [0, 0.05) is 18.4 Å². The van der Waals surface area contributed by atoms with E-state index in [1.165, 1.54) is 25.3 Å². The molecule has 0 aromatic heterocycles. The minimum atomic E-state index is -4.19. The van der Waals surface area contributed by atoms with E-state index < -0.39 is 22.0 Å². The summed E-state index contributed by atoms with van der Waals surface area (Å²) in [5, 5.41) is 10.2. The summed E-state index contributed by atoms with van der Waals surface area (Å²) in [6.45, 7) is 0.270. The summed E-state index contributed by atoms with van der Waals surface area (Å²) < 4.78 is 39.0. The van der Waals surface area contributed by atoms with Gasteiger partial charge in [0.2, 0.25) is 0 Å². The van der Waals surface area contributed by atoms with Crippen LogP contribution in [-0.4, -0.2) is 52.7 Å². The van der Waals surface area contributed by atoms with Gasteiger partial charge in [0.05, 0.1) is 24.0 Å². The summed E-state index contributed by atoms with van der Waals surface area (Å²) in [7, 11) is -2.71. The molecule has 0 aliphatic rings. The van der Waals surface area contributed by atoms with E-state index in [1.807, 2.05) is 0 Å². The molecule has 36 heavy (non-hydrogen) atoms. The zero-order valence-electron chi connectivity index (χ0n) is 19.6. The molecule has 3 rings (SSSR count). The van der Waals surface area contributed by atoms with E-state index >= 15 is 0 Å². The first-order valence-electron chi connectivity index (χ1n) is 10.6. The highest BCUT2D eigenvalue weighted by atomic mass is 32.2. The lowest BCUT2D eigenvalue weighted by atomic mass is 9.94. The Morgan fingerprint density at radius 1 is 0.944 bits per heavy atom. The summed E-state index contributed by atoms with van der Waals surface area (Å²) in [5.41, 5.74) is 6.63. The number of methoxy groups -OCH3 is 1. The number of hydrogen-bond acceptors (Lipinski definition) is 8. The van der Waals surface area contributed by atoms with Gasteiger partial charge in [-0.05, 0) is 47.5 Å². The van der Waals surface area contributed by atoms with Crippen LogP contribution in [0.2, 0.25) is 0 Å². The minimum absolute atomic E-state index is 0.0324. The Hall–Kier alpha value is -4.22. The molecule has 0 fully saturated rings. The number of nitrogens with two attached hydrogens (primary N) is 1. The molecule has 0 spiro atoms. The van der Waals surface area contributed by atoms with Crippen molar-refractivity contribution in [1.29, 1.82) is 5.41 Å². The lowest BCUT2D eigenvalue weighted by Crippen LogP contribution is -2.22. The molecule has 3 aromatic rings. The number of rotatable bonds is 10. The van der Waals surface area contributed by atoms with E-state index in [0.29, 0.717) is 16.8 Å². The van der Waals surface area contributed by atoms with Gasteiger partial charge in [0.15, 0.2) is 0 Å². The van der Waals surface area contributed by atoms with Crippen LogP contribution in [0.1, 0.15) is 26.3 Å². The summed E-state index contributed by atoms with van der Waals surface area (Å²) in [6, 6.07) is 17.9. The van der Waals surface area contributed by atoms with E-state index in [-0.39, 0.29) is 41.5 Å². The topological polar surface area (TPSA) is 158 Å². The zero-order valence-corrected chi connectivity index (χ0v) is 20.4. The Morgan fingerprint density at radius 3 is 2.19 bits per heavy atom. The molecule has 0 atom stereocenters. The predicted molar refractivity (Wildman–Crippen MR) is 135 cm³/mol. The maximum atomic E-state index is 13.5. The average Bonchev–Trinajstić information content (AvgIpc) is 2.83. The Bertz CT molecular complexity index is 1370. The number of anilines is 1. The van der Waals surface area contributed by atoms with Crippen LogP contribution in [0.3, 0.4) is 0 Å². The van der Waals surface area contributed by atoms with Crippen molar-refractivity contribution in [2.75, 3.05) is 31.9 Å². The highest BCUT2D eigenvalue weighted by Crippen LogP contribution is 2.34. The van der Waals surface area contributed by atoms with Crippen LogP contribution >= 0.6 is 0 Å². The molecular weight excluding hydrogens is 486 g/mol. The molecule has 0 saturated heterocycles. The van der Waals surface area contributed by atoms with Crippen molar-refractivity contribution in [3.05, 3.63) is 83.4 Å². The van der Waals surface area contributed by atoms with Gasteiger partial charge in [0.25, 0.3) is 5.91 Å². The Labute approximate surface area is 208 Å². The van der Waals surface area contributed by atoms with Gasteiger partial charge in [-0.2, -0.15) is 8.42 Å². The van der Waals surface area contributed by atoms with Crippen LogP contribution < -0.4 is 15.8 Å². The quantitative estimate of drug-likeness (QED) is 0.162. The van der Waals surface area contributed by atoms with Crippen molar-refractivity contribution in [3.8, 4) is 16.9 Å². The third-order valence-electron chi connectivity index (χ3n) is 4.91. The summed E-state index contributed by atoms with van der Waals surface area (Å²) in [4.78, 5) is 26.6. The summed E-state index contributed by atoms with van der Waals surface area (Å²) >= 11 is 0. The van der Waals surface area contributed by atoms with Crippen molar-refractivity contribution < 1.29 is 31.7 Å². The van der Waals surface area contributed by atoms with Gasteiger partial charge in [-0.3, -0.25) is 10.2 Å². The molecule has 4 N–H and O–H groups in total. The number of nitrogens with one attached hydrogen (secondary N) is 2. The number of carbonyl (C=O) groups excluding carboxylic acids is 2. The van der Waals surface area contributed by atoms with Gasteiger partial charge >= 0.3 is 16.1 Å². The SMILES string of the molecule is COCCOc1ccc(-c2ccccc2)c(C(=O)OS(C)(=O)=O)c1C(=O)Nc1ccc(C(=N)N)cc1. The van der Waals surface area contributed by atoms with Crippen molar-refractivity contribution in [2.45, 2.75) is 0 Å². The summed E-state index contributed by atoms with van der Waals surface area (Å²) in [6.07, 6.45) is 0.738. The van der Waals surface area contributed by atoms with Crippen LogP contribution in [0.15, 0.2) is 66.7 Å². The highest BCUT2D eigenvalue weighted by molar-refractivity contribution is 7.86. The monoisotopic (exact) mass is 511 g/mol. The molecule has 3 aromatic carbocycles. The van der Waals surface area contributed by atoms with Crippen LogP contribution in [0.5, 0.6) is 5.75 Å². The maximum absolute atomic E-state index is 13.5.